The van der Waals surface area contributed by atoms with E-state index in [9.17, 15) is 4.39 Å². The van der Waals surface area contributed by atoms with E-state index in [4.69, 9.17) is 23.2 Å². The summed E-state index contributed by atoms with van der Waals surface area (Å²) in [6.07, 6.45) is 0. The smallest absolute Gasteiger partial charge is 0.142 e. The minimum atomic E-state index is -0.398. The van der Waals surface area contributed by atoms with Crippen LogP contribution in [0.15, 0.2) is 12.1 Å². The van der Waals surface area contributed by atoms with Crippen LogP contribution < -0.4 is 0 Å². The van der Waals surface area contributed by atoms with Crippen molar-refractivity contribution in [3.05, 3.63) is 32.1 Å². The minimum absolute atomic E-state index is 0.126. The van der Waals surface area contributed by atoms with Crippen molar-refractivity contribution in [3.63, 3.8) is 0 Å². The standard InChI is InChI=1S/C7H4Cl2FI/c8-3-4-1-5(9)6(10)2-7(4)11/h1-2H,3H2. The van der Waals surface area contributed by atoms with E-state index in [1.54, 1.807) is 6.07 Å². The molecular formula is C7H4Cl2FI. The van der Waals surface area contributed by atoms with Crippen LogP contribution in [-0.2, 0) is 5.88 Å². The van der Waals surface area contributed by atoms with Crippen LogP contribution in [0.3, 0.4) is 0 Å². The summed E-state index contributed by atoms with van der Waals surface area (Å²) < 4.78 is 13.5. The summed E-state index contributed by atoms with van der Waals surface area (Å²) in [7, 11) is 0. The molecule has 1 aromatic rings. The van der Waals surface area contributed by atoms with Crippen molar-refractivity contribution in [2.24, 2.45) is 0 Å². The number of rotatable bonds is 1. The number of hydrogen-bond acceptors (Lipinski definition) is 0. The van der Waals surface area contributed by atoms with Gasteiger partial charge < -0.3 is 0 Å². The Labute approximate surface area is 87.8 Å². The monoisotopic (exact) mass is 304 g/mol. The van der Waals surface area contributed by atoms with E-state index in [1.807, 2.05) is 22.6 Å². The Bertz CT molecular complexity index is 275. The van der Waals surface area contributed by atoms with Crippen LogP contribution in [-0.4, -0.2) is 0 Å². The fraction of sp³-hybridized carbons (Fsp3) is 0.143. The molecule has 0 amide bonds. The molecule has 1 rings (SSSR count). The third-order valence-electron chi connectivity index (χ3n) is 1.23. The predicted octanol–water partition coefficient (Wildman–Crippen LogP) is 3.82. The molecule has 0 spiro atoms. The fourth-order valence-electron chi connectivity index (χ4n) is 0.666. The molecule has 0 atom stereocenters. The van der Waals surface area contributed by atoms with Gasteiger partial charge in [0.05, 0.1) is 5.02 Å². The van der Waals surface area contributed by atoms with Gasteiger partial charge >= 0.3 is 0 Å². The second-order valence-corrected chi connectivity index (χ2v) is 3.83. The summed E-state index contributed by atoms with van der Waals surface area (Å²) >= 11 is 13.1. The van der Waals surface area contributed by atoms with E-state index in [0.29, 0.717) is 5.88 Å². The highest BCUT2D eigenvalue weighted by Crippen LogP contribution is 2.22. The lowest BCUT2D eigenvalue weighted by molar-refractivity contribution is 0.626. The number of hydrogen-bond donors (Lipinski definition) is 0. The van der Waals surface area contributed by atoms with E-state index < -0.39 is 5.82 Å². The lowest BCUT2D eigenvalue weighted by Gasteiger charge is -2.00. The molecule has 0 saturated heterocycles. The molecule has 0 aromatic heterocycles. The maximum Gasteiger partial charge on any atom is 0.142 e. The summed E-state index contributed by atoms with van der Waals surface area (Å²) in [5, 5.41) is 0.126. The highest BCUT2D eigenvalue weighted by atomic mass is 127. The molecule has 0 aliphatic heterocycles. The molecule has 0 bridgehead atoms. The van der Waals surface area contributed by atoms with Gasteiger partial charge in [-0.05, 0) is 40.3 Å². The van der Waals surface area contributed by atoms with E-state index in [1.165, 1.54) is 6.07 Å². The summed E-state index contributed by atoms with van der Waals surface area (Å²) in [6.45, 7) is 0. The van der Waals surface area contributed by atoms with Crippen LogP contribution in [0, 0.1) is 9.39 Å². The van der Waals surface area contributed by atoms with Gasteiger partial charge in [0.2, 0.25) is 0 Å². The van der Waals surface area contributed by atoms with Crippen molar-refractivity contribution in [2.75, 3.05) is 0 Å². The van der Waals surface area contributed by atoms with E-state index >= 15 is 0 Å². The first-order valence-electron chi connectivity index (χ1n) is 2.84. The third kappa shape index (κ3) is 2.20. The van der Waals surface area contributed by atoms with Crippen molar-refractivity contribution in [1.29, 1.82) is 0 Å². The highest BCUT2D eigenvalue weighted by molar-refractivity contribution is 14.1. The zero-order valence-electron chi connectivity index (χ0n) is 5.37. The van der Waals surface area contributed by atoms with E-state index in [-0.39, 0.29) is 5.02 Å². The van der Waals surface area contributed by atoms with Crippen LogP contribution >= 0.6 is 45.8 Å². The fourth-order valence-corrected chi connectivity index (χ4v) is 1.92. The Morgan fingerprint density at radius 1 is 1.45 bits per heavy atom. The highest BCUT2D eigenvalue weighted by Gasteiger charge is 2.04. The van der Waals surface area contributed by atoms with Crippen molar-refractivity contribution in [3.8, 4) is 0 Å². The minimum Gasteiger partial charge on any atom is -0.205 e. The second kappa shape index (κ2) is 3.92. The molecule has 11 heavy (non-hydrogen) atoms. The van der Waals surface area contributed by atoms with Crippen LogP contribution in [0.2, 0.25) is 5.02 Å². The Morgan fingerprint density at radius 3 is 2.64 bits per heavy atom. The molecule has 0 nitrogen and oxygen atoms in total. The van der Waals surface area contributed by atoms with Crippen LogP contribution in [0.25, 0.3) is 0 Å². The van der Waals surface area contributed by atoms with Gasteiger partial charge in [-0.15, -0.1) is 11.6 Å². The van der Waals surface area contributed by atoms with Crippen LogP contribution in [0.5, 0.6) is 0 Å². The topological polar surface area (TPSA) is 0 Å². The molecule has 0 saturated carbocycles. The summed E-state index contributed by atoms with van der Waals surface area (Å²) in [5.74, 6) is -0.0388. The molecule has 4 heteroatoms. The zero-order valence-corrected chi connectivity index (χ0v) is 9.04. The Hall–Kier alpha value is 0.460. The van der Waals surface area contributed by atoms with Crippen LogP contribution in [0.1, 0.15) is 5.56 Å². The second-order valence-electron chi connectivity index (χ2n) is 1.99. The Balaban J connectivity index is 3.21. The largest absolute Gasteiger partial charge is 0.205 e. The quantitative estimate of drug-likeness (QED) is 0.420. The molecule has 60 valence electrons. The van der Waals surface area contributed by atoms with Crippen LogP contribution in [0.4, 0.5) is 4.39 Å². The van der Waals surface area contributed by atoms with Gasteiger partial charge in [-0.2, -0.15) is 0 Å². The number of halogens is 4. The molecule has 0 heterocycles. The van der Waals surface area contributed by atoms with E-state index in [2.05, 4.69) is 0 Å². The molecule has 0 N–H and O–H groups in total. The lowest BCUT2D eigenvalue weighted by atomic mass is 10.2. The normalized spacial score (nSPS) is 10.2. The average molecular weight is 305 g/mol. The SMILES string of the molecule is Fc1cc(I)c(CCl)cc1Cl. The third-order valence-corrected chi connectivity index (χ3v) is 2.82. The maximum atomic E-state index is 12.7. The van der Waals surface area contributed by atoms with E-state index in [0.717, 1.165) is 9.13 Å². The van der Waals surface area contributed by atoms with Gasteiger partial charge in [0.25, 0.3) is 0 Å². The zero-order chi connectivity index (χ0) is 8.43. The summed E-state index contributed by atoms with van der Waals surface area (Å²) in [6, 6.07) is 2.92. The molecule has 0 unspecified atom stereocenters. The van der Waals surface area contributed by atoms with Gasteiger partial charge in [-0.1, -0.05) is 11.6 Å². The van der Waals surface area contributed by atoms with Crippen molar-refractivity contribution >= 4 is 45.8 Å². The molecule has 0 fully saturated rings. The summed E-state index contributed by atoms with van der Waals surface area (Å²) in [4.78, 5) is 0. The first-order valence-corrected chi connectivity index (χ1v) is 4.83. The maximum absolute atomic E-state index is 12.7. The molecular weight excluding hydrogens is 301 g/mol. The van der Waals surface area contributed by atoms with Gasteiger partial charge in [0.15, 0.2) is 0 Å². The van der Waals surface area contributed by atoms with Crippen molar-refractivity contribution in [2.45, 2.75) is 5.88 Å². The molecule has 0 aliphatic rings. The Kier molecular flexibility index (Phi) is 3.40. The first-order chi connectivity index (χ1) is 5.15. The lowest BCUT2D eigenvalue weighted by Crippen LogP contribution is -1.87. The van der Waals surface area contributed by atoms with Gasteiger partial charge in [0.1, 0.15) is 5.82 Å². The Morgan fingerprint density at radius 2 is 2.09 bits per heavy atom. The molecule has 1 aromatic carbocycles. The number of benzene rings is 1. The first kappa shape index (κ1) is 9.55. The molecule has 0 aliphatic carbocycles. The van der Waals surface area contributed by atoms with Gasteiger partial charge in [-0.25, -0.2) is 4.39 Å². The summed E-state index contributed by atoms with van der Waals surface area (Å²) in [5.41, 5.74) is 0.860. The number of alkyl halides is 1. The predicted molar refractivity (Wildman–Crippen MR) is 53.7 cm³/mol. The van der Waals surface area contributed by atoms with Crippen molar-refractivity contribution in [1.82, 2.24) is 0 Å². The molecule has 0 radical (unpaired) electrons. The van der Waals surface area contributed by atoms with Crippen molar-refractivity contribution < 1.29 is 4.39 Å². The van der Waals surface area contributed by atoms with Gasteiger partial charge in [-0.3, -0.25) is 0 Å². The van der Waals surface area contributed by atoms with Gasteiger partial charge in [0, 0.05) is 9.45 Å². The average Bonchev–Trinajstić information content (AvgIpc) is 1.97.